The van der Waals surface area contributed by atoms with Gasteiger partial charge in [-0.05, 0) is 50.3 Å². The molecule has 7 heteroatoms. The lowest BCUT2D eigenvalue weighted by atomic mass is 10.1. The number of hydrogen-bond donors (Lipinski definition) is 1. The second-order valence-corrected chi connectivity index (χ2v) is 5.66. The largest absolute Gasteiger partial charge is 0.491 e. The van der Waals surface area contributed by atoms with Gasteiger partial charge in [0.25, 0.3) is 0 Å². The van der Waals surface area contributed by atoms with E-state index in [4.69, 9.17) is 4.74 Å². The Hall–Kier alpha value is -2.02. The number of halogens is 1. The molecule has 2 aromatic rings. The van der Waals surface area contributed by atoms with Crippen molar-refractivity contribution in [1.82, 2.24) is 25.5 Å². The fraction of sp³-hybridized carbons (Fsp3) is 0.500. The third-order valence-electron chi connectivity index (χ3n) is 2.77. The van der Waals surface area contributed by atoms with Gasteiger partial charge >= 0.3 is 0 Å². The molecule has 0 saturated carbocycles. The van der Waals surface area contributed by atoms with Crippen molar-refractivity contribution in [2.75, 3.05) is 6.61 Å². The fourth-order valence-electron chi connectivity index (χ4n) is 1.75. The first-order chi connectivity index (χ1) is 9.90. The average Bonchev–Trinajstić information content (AvgIpc) is 2.86. The molecule has 0 atom stereocenters. The second-order valence-electron chi connectivity index (χ2n) is 5.66. The van der Waals surface area contributed by atoms with Crippen LogP contribution in [0.2, 0.25) is 0 Å². The van der Waals surface area contributed by atoms with Crippen molar-refractivity contribution in [3.05, 3.63) is 29.8 Å². The first-order valence-electron chi connectivity index (χ1n) is 6.85. The summed E-state index contributed by atoms with van der Waals surface area (Å²) in [6.07, 6.45) is 0. The highest BCUT2D eigenvalue weighted by atomic mass is 19.1. The van der Waals surface area contributed by atoms with Gasteiger partial charge in [-0.2, -0.15) is 4.68 Å². The highest BCUT2D eigenvalue weighted by molar-refractivity contribution is 5.38. The zero-order valence-corrected chi connectivity index (χ0v) is 12.7. The van der Waals surface area contributed by atoms with Gasteiger partial charge in [0.2, 0.25) is 0 Å². The number of benzene rings is 1. The van der Waals surface area contributed by atoms with E-state index in [1.165, 1.54) is 10.7 Å². The van der Waals surface area contributed by atoms with Crippen molar-refractivity contribution in [1.29, 1.82) is 0 Å². The van der Waals surface area contributed by atoms with Crippen LogP contribution in [0.3, 0.4) is 0 Å². The van der Waals surface area contributed by atoms with Gasteiger partial charge in [0.1, 0.15) is 0 Å². The van der Waals surface area contributed by atoms with E-state index in [2.05, 4.69) is 41.6 Å². The van der Waals surface area contributed by atoms with Crippen LogP contribution in [-0.4, -0.2) is 32.4 Å². The number of nitrogens with zero attached hydrogens (tertiary/aromatic N) is 4. The quantitative estimate of drug-likeness (QED) is 0.914. The predicted octanol–water partition coefficient (Wildman–Crippen LogP) is 2.09. The molecule has 1 N–H and O–H groups in total. The molecule has 0 radical (unpaired) electrons. The van der Waals surface area contributed by atoms with Crippen LogP contribution in [0.5, 0.6) is 5.75 Å². The molecule has 6 nitrogen and oxygen atoms in total. The Balaban J connectivity index is 2.23. The lowest BCUT2D eigenvalue weighted by Gasteiger charge is -2.19. The first-order valence-corrected chi connectivity index (χ1v) is 6.85. The standard InChI is InChI=1S/C14H20FN5O/c1-5-21-12-7-6-10(8-11(12)15)20-13(17-18-19-20)9-16-14(2,3)4/h6-8,16H,5,9H2,1-4H3. The summed E-state index contributed by atoms with van der Waals surface area (Å²) in [6.45, 7) is 8.88. The summed E-state index contributed by atoms with van der Waals surface area (Å²) >= 11 is 0. The Kier molecular flexibility index (Phi) is 4.52. The Morgan fingerprint density at radius 2 is 2.10 bits per heavy atom. The summed E-state index contributed by atoms with van der Waals surface area (Å²) in [6, 6.07) is 4.67. The number of aromatic nitrogens is 4. The molecule has 0 aliphatic heterocycles. The summed E-state index contributed by atoms with van der Waals surface area (Å²) in [5.74, 6) is 0.414. The summed E-state index contributed by atoms with van der Waals surface area (Å²) in [7, 11) is 0. The normalized spacial score (nSPS) is 11.7. The maximum atomic E-state index is 13.9. The van der Waals surface area contributed by atoms with E-state index >= 15 is 0 Å². The number of hydrogen-bond acceptors (Lipinski definition) is 5. The monoisotopic (exact) mass is 293 g/mol. The molecule has 1 aromatic carbocycles. The Morgan fingerprint density at radius 1 is 1.33 bits per heavy atom. The molecule has 114 valence electrons. The van der Waals surface area contributed by atoms with Crippen molar-refractivity contribution in [2.45, 2.75) is 39.8 Å². The molecule has 0 fully saturated rings. The van der Waals surface area contributed by atoms with E-state index in [9.17, 15) is 4.39 Å². The van der Waals surface area contributed by atoms with Crippen molar-refractivity contribution in [3.63, 3.8) is 0 Å². The molecule has 0 aliphatic rings. The van der Waals surface area contributed by atoms with Gasteiger partial charge in [-0.1, -0.05) is 0 Å². The van der Waals surface area contributed by atoms with E-state index in [1.807, 2.05) is 6.92 Å². The van der Waals surface area contributed by atoms with Crippen LogP contribution in [0.15, 0.2) is 18.2 Å². The van der Waals surface area contributed by atoms with Crippen LogP contribution >= 0.6 is 0 Å². The average molecular weight is 293 g/mol. The van der Waals surface area contributed by atoms with Gasteiger partial charge < -0.3 is 10.1 Å². The maximum absolute atomic E-state index is 13.9. The van der Waals surface area contributed by atoms with Crippen LogP contribution in [0.4, 0.5) is 4.39 Å². The van der Waals surface area contributed by atoms with Gasteiger partial charge in [-0.25, -0.2) is 4.39 Å². The van der Waals surface area contributed by atoms with Crippen LogP contribution < -0.4 is 10.1 Å². The van der Waals surface area contributed by atoms with E-state index in [0.717, 1.165) is 0 Å². The van der Waals surface area contributed by atoms with Gasteiger partial charge in [0.15, 0.2) is 17.4 Å². The minimum absolute atomic E-state index is 0.0547. The molecule has 21 heavy (non-hydrogen) atoms. The number of tetrazole rings is 1. The molecular weight excluding hydrogens is 273 g/mol. The van der Waals surface area contributed by atoms with Crippen molar-refractivity contribution in [3.8, 4) is 11.4 Å². The van der Waals surface area contributed by atoms with Crippen LogP contribution in [0, 0.1) is 5.82 Å². The molecule has 1 aromatic heterocycles. The van der Waals surface area contributed by atoms with Gasteiger partial charge in [0, 0.05) is 11.6 Å². The van der Waals surface area contributed by atoms with Crippen LogP contribution in [0.1, 0.15) is 33.5 Å². The number of nitrogens with one attached hydrogen (secondary N) is 1. The number of rotatable bonds is 5. The Labute approximate surface area is 123 Å². The van der Waals surface area contributed by atoms with Gasteiger partial charge in [0.05, 0.1) is 18.8 Å². The molecule has 0 aliphatic carbocycles. The Bertz CT molecular complexity index is 606. The molecular formula is C14H20FN5O. The van der Waals surface area contributed by atoms with Gasteiger partial charge in [-0.15, -0.1) is 5.10 Å². The minimum Gasteiger partial charge on any atom is -0.491 e. The van der Waals surface area contributed by atoms with Crippen molar-refractivity contribution in [2.24, 2.45) is 0 Å². The van der Waals surface area contributed by atoms with Crippen molar-refractivity contribution >= 4 is 0 Å². The highest BCUT2D eigenvalue weighted by Gasteiger charge is 2.14. The zero-order chi connectivity index (χ0) is 15.5. The molecule has 2 rings (SSSR count). The van der Waals surface area contributed by atoms with Crippen LogP contribution in [-0.2, 0) is 6.54 Å². The molecule has 0 amide bonds. The van der Waals surface area contributed by atoms with E-state index < -0.39 is 5.82 Å². The predicted molar refractivity (Wildman–Crippen MR) is 76.9 cm³/mol. The SMILES string of the molecule is CCOc1ccc(-n2nnnc2CNC(C)(C)C)cc1F. The molecule has 0 bridgehead atoms. The van der Waals surface area contributed by atoms with E-state index in [1.54, 1.807) is 12.1 Å². The van der Waals surface area contributed by atoms with Gasteiger partial charge in [-0.3, -0.25) is 0 Å². The maximum Gasteiger partial charge on any atom is 0.170 e. The van der Waals surface area contributed by atoms with E-state index in [0.29, 0.717) is 24.7 Å². The third-order valence-corrected chi connectivity index (χ3v) is 2.77. The second kappa shape index (κ2) is 6.17. The van der Waals surface area contributed by atoms with E-state index in [-0.39, 0.29) is 11.3 Å². The minimum atomic E-state index is -0.431. The molecule has 1 heterocycles. The molecule has 0 spiro atoms. The lowest BCUT2D eigenvalue weighted by Crippen LogP contribution is -2.35. The van der Waals surface area contributed by atoms with Crippen LogP contribution in [0.25, 0.3) is 5.69 Å². The summed E-state index contributed by atoms with van der Waals surface area (Å²) in [5, 5.41) is 14.8. The third kappa shape index (κ3) is 3.98. The number of ether oxygens (including phenoxy) is 1. The summed E-state index contributed by atoms with van der Waals surface area (Å²) in [4.78, 5) is 0. The summed E-state index contributed by atoms with van der Waals surface area (Å²) in [5.41, 5.74) is 0.507. The zero-order valence-electron chi connectivity index (χ0n) is 12.7. The van der Waals surface area contributed by atoms with Crippen molar-refractivity contribution < 1.29 is 9.13 Å². The fourth-order valence-corrected chi connectivity index (χ4v) is 1.75. The molecule has 0 saturated heterocycles. The lowest BCUT2D eigenvalue weighted by molar-refractivity contribution is 0.321. The topological polar surface area (TPSA) is 64.9 Å². The summed E-state index contributed by atoms with van der Waals surface area (Å²) < 4.78 is 20.6. The molecule has 0 unspecified atom stereocenters. The smallest absolute Gasteiger partial charge is 0.170 e. The first kappa shape index (κ1) is 15.4. The highest BCUT2D eigenvalue weighted by Crippen LogP contribution is 2.20. The Morgan fingerprint density at radius 3 is 2.71 bits per heavy atom.